The molecule has 120 valence electrons. The van der Waals surface area contributed by atoms with Gasteiger partial charge in [-0.1, -0.05) is 6.92 Å². The van der Waals surface area contributed by atoms with Gasteiger partial charge in [0.2, 0.25) is 0 Å². The number of likely N-dealkylation sites (tertiary alicyclic amines) is 1. The van der Waals surface area contributed by atoms with Gasteiger partial charge in [-0.15, -0.1) is 12.4 Å². The fraction of sp³-hybridized carbons (Fsp3) is 0.688. The monoisotopic (exact) mass is 313 g/mol. The second-order valence-corrected chi connectivity index (χ2v) is 6.04. The SMILES string of the molecule is COc1c(C)cnc(CN2CCC(C)C(CN)C2)c1C.Cl. The van der Waals surface area contributed by atoms with Crippen molar-refractivity contribution in [2.24, 2.45) is 17.6 Å². The topological polar surface area (TPSA) is 51.4 Å². The molecule has 0 amide bonds. The first-order valence-corrected chi connectivity index (χ1v) is 7.48. The number of hydrogen-bond donors (Lipinski definition) is 1. The highest BCUT2D eigenvalue weighted by atomic mass is 35.5. The number of aryl methyl sites for hydroxylation is 1. The standard InChI is InChI=1S/C16H27N3O.ClH/c1-11-5-6-19(9-14(11)7-17)10-15-13(3)16(20-4)12(2)8-18-15;/h8,11,14H,5-7,9-10,17H2,1-4H3;1H. The molecule has 0 bridgehead atoms. The van der Waals surface area contributed by atoms with E-state index in [0.717, 1.165) is 54.7 Å². The Morgan fingerprint density at radius 2 is 2.14 bits per heavy atom. The van der Waals surface area contributed by atoms with Crippen LogP contribution < -0.4 is 10.5 Å². The molecule has 0 radical (unpaired) electrons. The summed E-state index contributed by atoms with van der Waals surface area (Å²) in [6.45, 7) is 10.3. The van der Waals surface area contributed by atoms with Gasteiger partial charge >= 0.3 is 0 Å². The van der Waals surface area contributed by atoms with E-state index >= 15 is 0 Å². The molecule has 21 heavy (non-hydrogen) atoms. The van der Waals surface area contributed by atoms with E-state index in [9.17, 15) is 0 Å². The molecule has 1 aromatic rings. The number of nitrogens with two attached hydrogens (primary N) is 1. The Labute approximate surface area is 134 Å². The van der Waals surface area contributed by atoms with Gasteiger partial charge in [0.05, 0.1) is 12.8 Å². The molecule has 1 aliphatic heterocycles. The van der Waals surface area contributed by atoms with Crippen LogP contribution in [0, 0.1) is 25.7 Å². The normalized spacial score (nSPS) is 22.7. The van der Waals surface area contributed by atoms with Crippen molar-refractivity contribution in [2.45, 2.75) is 33.7 Å². The Bertz CT molecular complexity index is 467. The van der Waals surface area contributed by atoms with Gasteiger partial charge in [0.25, 0.3) is 0 Å². The van der Waals surface area contributed by atoms with E-state index in [1.165, 1.54) is 6.42 Å². The van der Waals surface area contributed by atoms with Gasteiger partial charge in [-0.05, 0) is 45.2 Å². The van der Waals surface area contributed by atoms with Gasteiger partial charge in [0.15, 0.2) is 0 Å². The molecule has 1 aromatic heterocycles. The summed E-state index contributed by atoms with van der Waals surface area (Å²) in [4.78, 5) is 7.07. The van der Waals surface area contributed by atoms with Crippen LogP contribution in [0.15, 0.2) is 6.20 Å². The van der Waals surface area contributed by atoms with E-state index in [1.54, 1.807) is 7.11 Å². The summed E-state index contributed by atoms with van der Waals surface area (Å²) in [5, 5.41) is 0. The molecule has 1 aliphatic rings. The molecule has 2 heterocycles. The third kappa shape index (κ3) is 4.09. The molecular formula is C16H28ClN3O. The van der Waals surface area contributed by atoms with Crippen LogP contribution in [0.4, 0.5) is 0 Å². The van der Waals surface area contributed by atoms with Crippen molar-refractivity contribution in [2.75, 3.05) is 26.7 Å². The first kappa shape index (κ1) is 18.2. The summed E-state index contributed by atoms with van der Waals surface area (Å²) in [5.74, 6) is 2.31. The van der Waals surface area contributed by atoms with Crippen molar-refractivity contribution in [1.82, 2.24) is 9.88 Å². The number of ether oxygens (including phenoxy) is 1. The minimum atomic E-state index is 0. The number of pyridine rings is 1. The molecule has 1 saturated heterocycles. The first-order chi connectivity index (χ1) is 9.56. The van der Waals surface area contributed by atoms with Crippen molar-refractivity contribution in [1.29, 1.82) is 0 Å². The summed E-state index contributed by atoms with van der Waals surface area (Å²) in [6, 6.07) is 0. The second kappa shape index (κ2) is 7.97. The molecule has 2 rings (SSSR count). The lowest BCUT2D eigenvalue weighted by atomic mass is 9.87. The highest BCUT2D eigenvalue weighted by Crippen LogP contribution is 2.27. The minimum absolute atomic E-state index is 0. The van der Waals surface area contributed by atoms with Crippen LogP contribution in [0.25, 0.3) is 0 Å². The number of rotatable bonds is 4. The van der Waals surface area contributed by atoms with Crippen molar-refractivity contribution >= 4 is 12.4 Å². The van der Waals surface area contributed by atoms with Gasteiger partial charge in [-0.2, -0.15) is 0 Å². The third-order valence-corrected chi connectivity index (χ3v) is 4.62. The molecule has 2 atom stereocenters. The number of aromatic nitrogens is 1. The number of hydrogen-bond acceptors (Lipinski definition) is 4. The Morgan fingerprint density at radius 3 is 2.76 bits per heavy atom. The van der Waals surface area contributed by atoms with E-state index in [0.29, 0.717) is 5.92 Å². The summed E-state index contributed by atoms with van der Waals surface area (Å²) in [5.41, 5.74) is 9.27. The third-order valence-electron chi connectivity index (χ3n) is 4.62. The van der Waals surface area contributed by atoms with Crippen LogP contribution in [-0.2, 0) is 6.54 Å². The predicted octanol–water partition coefficient (Wildman–Crippen LogP) is 2.55. The second-order valence-electron chi connectivity index (χ2n) is 6.04. The number of nitrogens with zero attached hydrogens (tertiary/aromatic N) is 2. The summed E-state index contributed by atoms with van der Waals surface area (Å²) in [7, 11) is 1.73. The fourth-order valence-corrected chi connectivity index (χ4v) is 3.12. The maximum atomic E-state index is 5.88. The zero-order valence-corrected chi connectivity index (χ0v) is 14.4. The van der Waals surface area contributed by atoms with Crippen molar-refractivity contribution in [3.8, 4) is 5.75 Å². The molecule has 2 unspecified atom stereocenters. The largest absolute Gasteiger partial charge is 0.496 e. The Hall–Kier alpha value is -0.840. The molecule has 4 nitrogen and oxygen atoms in total. The highest BCUT2D eigenvalue weighted by Gasteiger charge is 2.25. The van der Waals surface area contributed by atoms with Crippen LogP contribution in [-0.4, -0.2) is 36.6 Å². The molecule has 1 fully saturated rings. The molecule has 2 N–H and O–H groups in total. The summed E-state index contributed by atoms with van der Waals surface area (Å²) in [6.07, 6.45) is 3.14. The maximum Gasteiger partial charge on any atom is 0.128 e. The van der Waals surface area contributed by atoms with Crippen LogP contribution in [0.1, 0.15) is 30.2 Å². The lowest BCUT2D eigenvalue weighted by molar-refractivity contribution is 0.124. The zero-order valence-electron chi connectivity index (χ0n) is 13.6. The van der Waals surface area contributed by atoms with Gasteiger partial charge in [0.1, 0.15) is 5.75 Å². The Morgan fingerprint density at radius 1 is 1.43 bits per heavy atom. The molecule has 0 aromatic carbocycles. The summed E-state index contributed by atoms with van der Waals surface area (Å²) >= 11 is 0. The predicted molar refractivity (Wildman–Crippen MR) is 89.1 cm³/mol. The fourth-order valence-electron chi connectivity index (χ4n) is 3.12. The van der Waals surface area contributed by atoms with Crippen LogP contribution >= 0.6 is 12.4 Å². The van der Waals surface area contributed by atoms with E-state index < -0.39 is 0 Å². The maximum absolute atomic E-state index is 5.88. The average molecular weight is 314 g/mol. The van der Waals surface area contributed by atoms with Crippen molar-refractivity contribution < 1.29 is 4.74 Å². The Balaban J connectivity index is 0.00000220. The molecule has 0 spiro atoms. The van der Waals surface area contributed by atoms with Gasteiger partial charge in [0, 0.05) is 30.4 Å². The van der Waals surface area contributed by atoms with Gasteiger partial charge in [-0.3, -0.25) is 9.88 Å². The van der Waals surface area contributed by atoms with Crippen molar-refractivity contribution in [3.63, 3.8) is 0 Å². The highest BCUT2D eigenvalue weighted by molar-refractivity contribution is 5.85. The van der Waals surface area contributed by atoms with E-state index in [1.807, 2.05) is 13.1 Å². The van der Waals surface area contributed by atoms with Crippen molar-refractivity contribution in [3.05, 3.63) is 23.0 Å². The Kier molecular flexibility index (Phi) is 6.91. The summed E-state index contributed by atoms with van der Waals surface area (Å²) < 4.78 is 5.49. The quantitative estimate of drug-likeness (QED) is 0.928. The lowest BCUT2D eigenvalue weighted by Gasteiger charge is -2.36. The smallest absolute Gasteiger partial charge is 0.128 e. The number of halogens is 1. The molecule has 0 aliphatic carbocycles. The molecular weight excluding hydrogens is 286 g/mol. The first-order valence-electron chi connectivity index (χ1n) is 7.48. The molecule has 0 saturated carbocycles. The average Bonchev–Trinajstić information content (AvgIpc) is 2.44. The van der Waals surface area contributed by atoms with Crippen LogP contribution in [0.2, 0.25) is 0 Å². The van der Waals surface area contributed by atoms with E-state index in [-0.39, 0.29) is 12.4 Å². The van der Waals surface area contributed by atoms with Crippen LogP contribution in [0.3, 0.4) is 0 Å². The van der Waals surface area contributed by atoms with Gasteiger partial charge < -0.3 is 10.5 Å². The number of methoxy groups -OCH3 is 1. The van der Waals surface area contributed by atoms with E-state index in [4.69, 9.17) is 10.5 Å². The minimum Gasteiger partial charge on any atom is -0.496 e. The molecule has 5 heteroatoms. The zero-order chi connectivity index (χ0) is 14.7. The van der Waals surface area contributed by atoms with E-state index in [2.05, 4.69) is 23.7 Å². The number of piperidine rings is 1. The van der Waals surface area contributed by atoms with Crippen LogP contribution in [0.5, 0.6) is 5.75 Å². The van der Waals surface area contributed by atoms with Gasteiger partial charge in [-0.25, -0.2) is 0 Å². The lowest BCUT2D eigenvalue weighted by Crippen LogP contribution is -2.42.